The first-order valence-corrected chi connectivity index (χ1v) is 7.09. The molecule has 2 rings (SSSR count). The minimum absolute atomic E-state index is 0.0106. The summed E-state index contributed by atoms with van der Waals surface area (Å²) in [5.74, 6) is -2.06. The van der Waals surface area contributed by atoms with Crippen molar-refractivity contribution in [3.8, 4) is 5.88 Å². The van der Waals surface area contributed by atoms with Gasteiger partial charge in [0, 0.05) is 0 Å². The average Bonchev–Trinajstić information content (AvgIpc) is 2.51. The third kappa shape index (κ3) is 6.73. The van der Waals surface area contributed by atoms with Crippen LogP contribution in [-0.2, 0) is 4.79 Å². The zero-order chi connectivity index (χ0) is 17.4. The molecule has 0 unspecified atom stereocenters. The number of rotatable bonds is 4. The largest absolute Gasteiger partial charge is 0.479 e. The van der Waals surface area contributed by atoms with Crippen LogP contribution in [-0.4, -0.2) is 33.7 Å². The van der Waals surface area contributed by atoms with E-state index in [2.05, 4.69) is 4.98 Å². The molecule has 1 aromatic heterocycles. The van der Waals surface area contributed by atoms with Crippen LogP contribution in [0.25, 0.3) is 0 Å². The Bertz CT molecular complexity index is 694. The summed E-state index contributed by atoms with van der Waals surface area (Å²) in [5, 5.41) is 17.0. The lowest BCUT2D eigenvalue weighted by Gasteiger charge is -2.05. The van der Waals surface area contributed by atoms with Crippen LogP contribution in [0.5, 0.6) is 5.88 Å². The summed E-state index contributed by atoms with van der Waals surface area (Å²) in [7, 11) is 0. The number of nitrogens with zero attached hydrogens (tertiary/aromatic N) is 1. The zero-order valence-electron chi connectivity index (χ0n) is 11.4. The van der Waals surface area contributed by atoms with Gasteiger partial charge in [0.15, 0.2) is 11.8 Å². The van der Waals surface area contributed by atoms with Gasteiger partial charge in [0.1, 0.15) is 5.02 Å². The summed E-state index contributed by atoms with van der Waals surface area (Å²) in [5.41, 5.74) is 0.331. The van der Waals surface area contributed by atoms with E-state index >= 15 is 0 Å². The van der Waals surface area contributed by atoms with Crippen molar-refractivity contribution in [3.05, 3.63) is 57.2 Å². The quantitative estimate of drug-likeness (QED) is 0.783. The van der Waals surface area contributed by atoms with Crippen molar-refractivity contribution in [2.45, 2.75) is 0 Å². The molecule has 0 bridgehead atoms. The fourth-order valence-corrected chi connectivity index (χ4v) is 1.79. The predicted octanol–water partition coefficient (Wildman–Crippen LogP) is 3.89. The van der Waals surface area contributed by atoms with Crippen LogP contribution < -0.4 is 4.74 Å². The molecule has 2 N–H and O–H groups in total. The molecule has 0 amide bonds. The summed E-state index contributed by atoms with van der Waals surface area (Å²) < 4.78 is 4.75. The molecule has 122 valence electrons. The van der Waals surface area contributed by atoms with E-state index in [1.165, 1.54) is 6.07 Å². The lowest BCUT2D eigenvalue weighted by molar-refractivity contribution is -0.139. The van der Waals surface area contributed by atoms with Gasteiger partial charge in [-0.05, 0) is 18.2 Å². The lowest BCUT2D eigenvalue weighted by Crippen LogP contribution is -2.10. The van der Waals surface area contributed by atoms with Crippen molar-refractivity contribution < 1.29 is 24.5 Å². The summed E-state index contributed by atoms with van der Waals surface area (Å²) in [6.45, 7) is -0.537. The van der Waals surface area contributed by atoms with Gasteiger partial charge in [0.05, 0.1) is 10.6 Å². The molecule has 0 fully saturated rings. The molecule has 1 heterocycles. The second-order valence-corrected chi connectivity index (χ2v) is 5.07. The van der Waals surface area contributed by atoms with Crippen molar-refractivity contribution >= 4 is 46.7 Å². The first-order valence-electron chi connectivity index (χ1n) is 5.95. The van der Waals surface area contributed by atoms with Crippen molar-refractivity contribution in [2.24, 2.45) is 0 Å². The molecule has 23 heavy (non-hydrogen) atoms. The molecule has 0 radical (unpaired) electrons. The van der Waals surface area contributed by atoms with Crippen LogP contribution >= 0.6 is 34.8 Å². The number of halogens is 3. The minimum atomic E-state index is -1.13. The number of carboxylic acids is 2. The summed E-state index contributed by atoms with van der Waals surface area (Å²) in [6, 6.07) is 9.62. The Labute approximate surface area is 146 Å². The van der Waals surface area contributed by atoms with Crippen LogP contribution in [0.1, 0.15) is 10.4 Å². The first kappa shape index (κ1) is 19.0. The Morgan fingerprint density at radius 3 is 2.13 bits per heavy atom. The van der Waals surface area contributed by atoms with Crippen molar-refractivity contribution in [1.82, 2.24) is 4.98 Å². The number of hydrogen-bond donors (Lipinski definition) is 2. The third-order valence-electron chi connectivity index (χ3n) is 2.21. The van der Waals surface area contributed by atoms with Crippen LogP contribution in [0.2, 0.25) is 15.2 Å². The predicted molar refractivity (Wildman–Crippen MR) is 85.8 cm³/mol. The van der Waals surface area contributed by atoms with Crippen LogP contribution in [0.3, 0.4) is 0 Å². The Morgan fingerprint density at radius 1 is 1.04 bits per heavy atom. The second-order valence-electron chi connectivity index (χ2n) is 3.90. The van der Waals surface area contributed by atoms with E-state index < -0.39 is 18.5 Å². The number of aromatic nitrogens is 1. The van der Waals surface area contributed by atoms with Gasteiger partial charge in [-0.25, -0.2) is 9.59 Å². The highest BCUT2D eigenvalue weighted by Gasteiger charge is 2.10. The van der Waals surface area contributed by atoms with Gasteiger partial charge >= 0.3 is 11.9 Å². The van der Waals surface area contributed by atoms with Crippen LogP contribution in [0.15, 0.2) is 36.4 Å². The molecule has 0 saturated carbocycles. The topological polar surface area (TPSA) is 96.7 Å². The molecule has 0 aliphatic rings. The van der Waals surface area contributed by atoms with E-state index in [4.69, 9.17) is 49.8 Å². The van der Waals surface area contributed by atoms with Gasteiger partial charge in [-0.3, -0.25) is 0 Å². The molecule has 0 aliphatic heterocycles. The van der Waals surface area contributed by atoms with Gasteiger partial charge < -0.3 is 14.9 Å². The molecule has 2 aromatic rings. The highest BCUT2D eigenvalue weighted by atomic mass is 35.5. The van der Waals surface area contributed by atoms with Gasteiger partial charge in [-0.2, -0.15) is 4.98 Å². The number of ether oxygens (including phenoxy) is 1. The molecular formula is C14H10Cl3NO5. The fraction of sp³-hybridized carbons (Fsp3) is 0.0714. The van der Waals surface area contributed by atoms with Crippen LogP contribution in [0.4, 0.5) is 0 Å². The van der Waals surface area contributed by atoms with Gasteiger partial charge in [0.25, 0.3) is 0 Å². The number of carbonyl (C=O) groups is 2. The van der Waals surface area contributed by atoms with Crippen molar-refractivity contribution in [3.63, 3.8) is 0 Å². The van der Waals surface area contributed by atoms with Gasteiger partial charge in [-0.1, -0.05) is 53.0 Å². The Balaban J connectivity index is 0.000000253. The fourth-order valence-electron chi connectivity index (χ4n) is 1.24. The zero-order valence-corrected chi connectivity index (χ0v) is 13.6. The van der Waals surface area contributed by atoms with E-state index in [-0.39, 0.29) is 21.1 Å². The van der Waals surface area contributed by atoms with E-state index in [1.54, 1.807) is 30.3 Å². The average molecular weight is 379 g/mol. The molecular weight excluding hydrogens is 369 g/mol. The normalized spacial score (nSPS) is 9.52. The molecule has 0 saturated heterocycles. The smallest absolute Gasteiger partial charge is 0.341 e. The number of pyridine rings is 1. The summed E-state index contributed by atoms with van der Waals surface area (Å²) in [4.78, 5) is 24.0. The standard InChI is InChI=1S/C7H4Cl3NO3.C7H6O2/c8-3-1-4(9)7(11-6(3)10)14-2-5(12)13;8-7(9)6-4-2-1-3-5-6/h1H,2H2,(H,12,13);1-5H,(H,8,9). The first-order chi connectivity index (χ1) is 10.8. The maximum absolute atomic E-state index is 10.2. The van der Waals surface area contributed by atoms with E-state index in [0.717, 1.165) is 0 Å². The summed E-state index contributed by atoms with van der Waals surface area (Å²) >= 11 is 16.8. The van der Waals surface area contributed by atoms with Gasteiger partial charge in [0.2, 0.25) is 5.88 Å². The highest BCUT2D eigenvalue weighted by Crippen LogP contribution is 2.30. The Morgan fingerprint density at radius 2 is 1.65 bits per heavy atom. The molecule has 6 nitrogen and oxygen atoms in total. The number of benzene rings is 1. The van der Waals surface area contributed by atoms with Crippen LogP contribution in [0, 0.1) is 0 Å². The minimum Gasteiger partial charge on any atom is -0.479 e. The monoisotopic (exact) mass is 377 g/mol. The molecule has 0 spiro atoms. The highest BCUT2D eigenvalue weighted by molar-refractivity contribution is 6.42. The lowest BCUT2D eigenvalue weighted by atomic mass is 10.2. The van der Waals surface area contributed by atoms with Crippen molar-refractivity contribution in [2.75, 3.05) is 6.61 Å². The molecule has 0 aliphatic carbocycles. The number of hydrogen-bond acceptors (Lipinski definition) is 4. The summed E-state index contributed by atoms with van der Waals surface area (Å²) in [6.07, 6.45) is 0. The van der Waals surface area contributed by atoms with Gasteiger partial charge in [-0.15, -0.1) is 0 Å². The van der Waals surface area contributed by atoms with Crippen molar-refractivity contribution in [1.29, 1.82) is 0 Å². The van der Waals surface area contributed by atoms with E-state index in [9.17, 15) is 9.59 Å². The molecule has 0 atom stereocenters. The number of aliphatic carboxylic acids is 1. The molecule has 1 aromatic carbocycles. The Kier molecular flexibility index (Phi) is 7.61. The second kappa shape index (κ2) is 9.19. The third-order valence-corrected chi connectivity index (χ3v) is 3.15. The number of carboxylic acid groups (broad SMARTS) is 2. The number of aromatic carboxylic acids is 1. The Hall–Kier alpha value is -2.02. The van der Waals surface area contributed by atoms with E-state index in [1.807, 2.05) is 0 Å². The van der Waals surface area contributed by atoms with E-state index in [0.29, 0.717) is 5.56 Å². The maximum atomic E-state index is 10.2. The maximum Gasteiger partial charge on any atom is 0.341 e. The SMILES string of the molecule is O=C(O)COc1nc(Cl)c(Cl)cc1Cl.O=C(O)c1ccccc1. The molecule has 9 heteroatoms.